The highest BCUT2D eigenvalue weighted by atomic mass is 16.3. The summed E-state index contributed by atoms with van der Waals surface area (Å²) in [5.41, 5.74) is 7.46. The number of hydrogen-bond acceptors (Lipinski definition) is 3. The average Bonchev–Trinajstić information content (AvgIpc) is 3.14. The molecule has 3 aromatic carbocycles. The smallest absolute Gasteiger partial charge is 0.253 e. The minimum absolute atomic E-state index is 0.0250. The van der Waals surface area contributed by atoms with Gasteiger partial charge in [-0.05, 0) is 29.3 Å². The molecular weight excluding hydrogens is 362 g/mol. The first-order chi connectivity index (χ1) is 14.2. The quantitative estimate of drug-likeness (QED) is 0.275. The molecule has 0 atom stereocenters. The predicted octanol–water partition coefficient (Wildman–Crippen LogP) is 4.18. The van der Waals surface area contributed by atoms with Crippen molar-refractivity contribution in [2.75, 3.05) is 0 Å². The summed E-state index contributed by atoms with van der Waals surface area (Å²) in [5.74, 6) is 5.21. The van der Waals surface area contributed by atoms with Crippen LogP contribution in [0.25, 0.3) is 33.6 Å². The molecule has 4 aromatic rings. The van der Waals surface area contributed by atoms with E-state index in [1.54, 1.807) is 12.1 Å². The first kappa shape index (κ1) is 18.5. The van der Waals surface area contributed by atoms with Crippen LogP contribution in [0.15, 0.2) is 91.0 Å². The maximum atomic E-state index is 12.3. The zero-order chi connectivity index (χ0) is 20.2. The molecule has 29 heavy (non-hydrogen) atoms. The largest absolute Gasteiger partial charge is 0.507 e. The molecule has 5 nitrogen and oxygen atoms in total. The summed E-state index contributed by atoms with van der Waals surface area (Å²) in [6.07, 6.45) is 0. The predicted molar refractivity (Wildman–Crippen MR) is 115 cm³/mol. The number of carbonyl (C=O) groups excluding carboxylic acids is 1. The number of carbonyl (C=O) groups is 1. The van der Waals surface area contributed by atoms with Crippen LogP contribution in [0.1, 0.15) is 0 Å². The van der Waals surface area contributed by atoms with Crippen LogP contribution in [0.3, 0.4) is 0 Å². The van der Waals surface area contributed by atoms with Gasteiger partial charge >= 0.3 is 0 Å². The standard InChI is InChI=1S/C24H21N3O2/c25-26-23(29)16-27-21(19-13-7-8-14-22(19)28)15-20(17-9-3-1-4-10-17)24(27)18-11-5-2-6-12-18/h1-15,28H,16,25H2,(H,26,29). The van der Waals surface area contributed by atoms with Crippen LogP contribution < -0.4 is 11.3 Å². The van der Waals surface area contributed by atoms with E-state index in [0.717, 1.165) is 28.1 Å². The molecule has 4 N–H and O–H groups in total. The van der Waals surface area contributed by atoms with Gasteiger partial charge in [-0.1, -0.05) is 72.8 Å². The number of hydrogen-bond donors (Lipinski definition) is 3. The Morgan fingerprint density at radius 3 is 2.03 bits per heavy atom. The van der Waals surface area contributed by atoms with Crippen molar-refractivity contribution in [1.29, 1.82) is 0 Å². The van der Waals surface area contributed by atoms with Crippen molar-refractivity contribution in [3.8, 4) is 39.4 Å². The first-order valence-electron chi connectivity index (χ1n) is 9.31. The number of nitrogens with zero attached hydrogens (tertiary/aromatic N) is 1. The summed E-state index contributed by atoms with van der Waals surface area (Å²) in [7, 11) is 0. The van der Waals surface area contributed by atoms with Crippen molar-refractivity contribution >= 4 is 5.91 Å². The number of benzene rings is 3. The topological polar surface area (TPSA) is 80.3 Å². The molecule has 0 saturated heterocycles. The second kappa shape index (κ2) is 8.04. The van der Waals surface area contributed by atoms with Crippen molar-refractivity contribution in [2.24, 2.45) is 5.84 Å². The second-order valence-electron chi connectivity index (χ2n) is 6.69. The molecule has 0 radical (unpaired) electrons. The van der Waals surface area contributed by atoms with E-state index in [2.05, 4.69) is 5.43 Å². The van der Waals surface area contributed by atoms with E-state index >= 15 is 0 Å². The molecule has 144 valence electrons. The normalized spacial score (nSPS) is 10.7. The van der Waals surface area contributed by atoms with Gasteiger partial charge in [0.1, 0.15) is 12.3 Å². The minimum atomic E-state index is -0.325. The van der Waals surface area contributed by atoms with Gasteiger partial charge in [-0.25, -0.2) is 5.84 Å². The van der Waals surface area contributed by atoms with Crippen molar-refractivity contribution < 1.29 is 9.90 Å². The van der Waals surface area contributed by atoms with E-state index in [9.17, 15) is 9.90 Å². The van der Waals surface area contributed by atoms with Crippen LogP contribution in [-0.2, 0) is 11.3 Å². The molecule has 1 aromatic heterocycles. The molecule has 0 aliphatic rings. The van der Waals surface area contributed by atoms with Gasteiger partial charge in [0.15, 0.2) is 0 Å². The maximum Gasteiger partial charge on any atom is 0.253 e. The van der Waals surface area contributed by atoms with Crippen molar-refractivity contribution in [2.45, 2.75) is 6.54 Å². The lowest BCUT2D eigenvalue weighted by Gasteiger charge is -2.15. The Balaban J connectivity index is 2.05. The summed E-state index contributed by atoms with van der Waals surface area (Å²) < 4.78 is 1.90. The molecule has 0 aliphatic heterocycles. The Hall–Kier alpha value is -3.83. The van der Waals surface area contributed by atoms with Gasteiger partial charge in [0.05, 0.1) is 11.4 Å². The van der Waals surface area contributed by atoms with Crippen LogP contribution in [0.4, 0.5) is 0 Å². The maximum absolute atomic E-state index is 12.3. The molecular formula is C24H21N3O2. The van der Waals surface area contributed by atoms with Crippen molar-refractivity contribution in [1.82, 2.24) is 9.99 Å². The van der Waals surface area contributed by atoms with Gasteiger partial charge in [-0.15, -0.1) is 0 Å². The number of aromatic hydroxyl groups is 1. The number of amides is 1. The number of aromatic nitrogens is 1. The highest BCUT2D eigenvalue weighted by Crippen LogP contribution is 2.41. The van der Waals surface area contributed by atoms with Gasteiger partial charge in [-0.2, -0.15) is 0 Å². The Kier molecular flexibility index (Phi) is 5.14. The number of nitrogens with one attached hydrogen (secondary N) is 1. The lowest BCUT2D eigenvalue weighted by Crippen LogP contribution is -2.33. The Labute approximate surface area is 169 Å². The van der Waals surface area contributed by atoms with Gasteiger partial charge in [0.25, 0.3) is 5.91 Å². The SMILES string of the molecule is NNC(=O)Cn1c(-c2ccccc2O)cc(-c2ccccc2)c1-c1ccccc1. The number of phenolic OH excluding ortho intramolecular Hbond substituents is 1. The summed E-state index contributed by atoms with van der Waals surface area (Å²) >= 11 is 0. The van der Waals surface area contributed by atoms with Crippen molar-refractivity contribution in [3.05, 3.63) is 91.0 Å². The van der Waals surface area contributed by atoms with E-state index in [1.807, 2.05) is 83.4 Å². The summed E-state index contributed by atoms with van der Waals surface area (Å²) in [4.78, 5) is 12.3. The summed E-state index contributed by atoms with van der Waals surface area (Å²) in [6.45, 7) is 0.0250. The van der Waals surface area contributed by atoms with Crippen LogP contribution in [0.5, 0.6) is 5.75 Å². The zero-order valence-corrected chi connectivity index (χ0v) is 15.7. The second-order valence-corrected chi connectivity index (χ2v) is 6.69. The molecule has 0 spiro atoms. The molecule has 1 amide bonds. The van der Waals surface area contributed by atoms with Crippen LogP contribution in [0.2, 0.25) is 0 Å². The molecule has 0 fully saturated rings. The molecule has 4 rings (SSSR count). The fraction of sp³-hybridized carbons (Fsp3) is 0.0417. The Morgan fingerprint density at radius 2 is 1.41 bits per heavy atom. The van der Waals surface area contributed by atoms with E-state index in [0.29, 0.717) is 5.56 Å². The average molecular weight is 383 g/mol. The Morgan fingerprint density at radius 1 is 0.828 bits per heavy atom. The highest BCUT2D eigenvalue weighted by molar-refractivity contribution is 5.89. The molecule has 0 unspecified atom stereocenters. The third-order valence-corrected chi connectivity index (χ3v) is 4.87. The van der Waals surface area contributed by atoms with Gasteiger partial charge in [0.2, 0.25) is 0 Å². The lowest BCUT2D eigenvalue weighted by molar-refractivity contribution is -0.121. The lowest BCUT2D eigenvalue weighted by atomic mass is 10.0. The molecule has 1 heterocycles. The molecule has 0 aliphatic carbocycles. The first-order valence-corrected chi connectivity index (χ1v) is 9.31. The third kappa shape index (κ3) is 3.63. The fourth-order valence-corrected chi connectivity index (χ4v) is 3.56. The van der Waals surface area contributed by atoms with E-state index < -0.39 is 0 Å². The number of phenols is 1. The van der Waals surface area contributed by atoms with E-state index in [4.69, 9.17) is 5.84 Å². The summed E-state index contributed by atoms with van der Waals surface area (Å²) in [6, 6.07) is 29.0. The fourth-order valence-electron chi connectivity index (χ4n) is 3.56. The Bertz CT molecular complexity index is 1140. The van der Waals surface area contributed by atoms with Gasteiger partial charge in [-0.3, -0.25) is 10.2 Å². The molecule has 5 heteroatoms. The highest BCUT2D eigenvalue weighted by Gasteiger charge is 2.21. The number of hydrazine groups is 1. The summed E-state index contributed by atoms with van der Waals surface area (Å²) in [5, 5.41) is 10.5. The number of para-hydroxylation sites is 1. The number of nitrogens with two attached hydrogens (primary N) is 1. The molecule has 0 bridgehead atoms. The van der Waals surface area contributed by atoms with E-state index in [-0.39, 0.29) is 18.2 Å². The van der Waals surface area contributed by atoms with Crippen LogP contribution in [0, 0.1) is 0 Å². The van der Waals surface area contributed by atoms with Gasteiger partial charge in [0, 0.05) is 11.1 Å². The van der Waals surface area contributed by atoms with Gasteiger partial charge < -0.3 is 9.67 Å². The molecule has 0 saturated carbocycles. The van der Waals surface area contributed by atoms with Crippen LogP contribution in [-0.4, -0.2) is 15.6 Å². The monoisotopic (exact) mass is 383 g/mol. The van der Waals surface area contributed by atoms with E-state index in [1.165, 1.54) is 0 Å². The minimum Gasteiger partial charge on any atom is -0.507 e. The van der Waals surface area contributed by atoms with Crippen LogP contribution >= 0.6 is 0 Å². The third-order valence-electron chi connectivity index (χ3n) is 4.87. The van der Waals surface area contributed by atoms with Crippen molar-refractivity contribution in [3.63, 3.8) is 0 Å². The zero-order valence-electron chi connectivity index (χ0n) is 15.7. The number of rotatable bonds is 5.